The maximum Gasteiger partial charge on any atom is 0.241 e. The number of aromatic nitrogens is 4. The van der Waals surface area contributed by atoms with Crippen molar-refractivity contribution in [1.82, 2.24) is 25.4 Å². The number of rotatable bonds is 5. The number of nitrogens with zero attached hydrogens (tertiary/aromatic N) is 4. The quantitative estimate of drug-likeness (QED) is 0.435. The van der Waals surface area contributed by atoms with Crippen LogP contribution < -0.4 is 5.43 Å². The Labute approximate surface area is 143 Å². The second-order valence-corrected chi connectivity index (χ2v) is 5.63. The molecule has 7 heteroatoms. The summed E-state index contributed by atoms with van der Waals surface area (Å²) in [7, 11) is 0. The molecular weight excluding hydrogens is 316 g/mol. The summed E-state index contributed by atoms with van der Waals surface area (Å²) in [6.07, 6.45) is 3.78. The van der Waals surface area contributed by atoms with E-state index >= 15 is 0 Å². The summed E-state index contributed by atoms with van der Waals surface area (Å²) in [6, 6.07) is 15.6. The number of carbonyl (C=O) groups excluding carboxylic acids is 1. The number of hydrazone groups is 1. The molecule has 25 heavy (non-hydrogen) atoms. The maximum absolute atomic E-state index is 12.0. The lowest BCUT2D eigenvalue weighted by molar-refractivity contribution is -0.121. The molecule has 0 atom stereocenters. The van der Waals surface area contributed by atoms with Gasteiger partial charge in [-0.15, -0.1) is 5.10 Å². The van der Waals surface area contributed by atoms with Crippen LogP contribution in [0.3, 0.4) is 0 Å². The molecule has 4 aromatic rings. The maximum atomic E-state index is 12.0. The van der Waals surface area contributed by atoms with Gasteiger partial charge in [0.2, 0.25) is 5.91 Å². The predicted octanol–water partition coefficient (Wildman–Crippen LogP) is 2.45. The molecule has 0 fully saturated rings. The van der Waals surface area contributed by atoms with E-state index in [1.54, 1.807) is 10.9 Å². The number of aromatic amines is 1. The van der Waals surface area contributed by atoms with E-state index in [9.17, 15) is 4.79 Å². The zero-order valence-corrected chi connectivity index (χ0v) is 13.4. The molecule has 4 rings (SSSR count). The van der Waals surface area contributed by atoms with Crippen molar-refractivity contribution in [2.24, 2.45) is 5.10 Å². The van der Waals surface area contributed by atoms with Crippen LogP contribution in [0, 0.1) is 0 Å². The lowest BCUT2D eigenvalue weighted by atomic mass is 10.2. The summed E-state index contributed by atoms with van der Waals surface area (Å²) < 4.78 is 1.72. The number of benzene rings is 2. The first-order valence-corrected chi connectivity index (χ1v) is 7.97. The van der Waals surface area contributed by atoms with Gasteiger partial charge in [0, 0.05) is 29.1 Å². The van der Waals surface area contributed by atoms with Crippen LogP contribution in [0.2, 0.25) is 0 Å². The molecule has 2 aromatic heterocycles. The third-order valence-electron chi connectivity index (χ3n) is 3.99. The monoisotopic (exact) mass is 332 g/mol. The SMILES string of the molecule is O=C(CCn1nnc2ccccc21)NN=Cc1c[nH]c2ccccc12. The van der Waals surface area contributed by atoms with Crippen molar-refractivity contribution in [1.29, 1.82) is 0 Å². The van der Waals surface area contributed by atoms with Gasteiger partial charge in [-0.1, -0.05) is 35.5 Å². The Morgan fingerprint density at radius 1 is 1.20 bits per heavy atom. The van der Waals surface area contributed by atoms with E-state index in [1.807, 2.05) is 54.7 Å². The number of nitrogens with one attached hydrogen (secondary N) is 2. The highest BCUT2D eigenvalue weighted by Gasteiger charge is 2.06. The molecule has 2 N–H and O–H groups in total. The Hall–Kier alpha value is -3.48. The number of hydrogen-bond acceptors (Lipinski definition) is 4. The van der Waals surface area contributed by atoms with Crippen LogP contribution in [0.4, 0.5) is 0 Å². The van der Waals surface area contributed by atoms with Gasteiger partial charge in [0.05, 0.1) is 18.3 Å². The fourth-order valence-electron chi connectivity index (χ4n) is 2.72. The molecule has 0 radical (unpaired) electrons. The van der Waals surface area contributed by atoms with Gasteiger partial charge in [-0.25, -0.2) is 10.1 Å². The van der Waals surface area contributed by atoms with Gasteiger partial charge in [-0.2, -0.15) is 5.10 Å². The molecule has 0 bridgehead atoms. The zero-order chi connectivity index (χ0) is 17.1. The van der Waals surface area contributed by atoms with Crippen LogP contribution in [0.25, 0.3) is 21.9 Å². The van der Waals surface area contributed by atoms with Crippen LogP contribution >= 0.6 is 0 Å². The van der Waals surface area contributed by atoms with E-state index in [-0.39, 0.29) is 12.3 Å². The number of aryl methyl sites for hydroxylation is 1. The van der Waals surface area contributed by atoms with Gasteiger partial charge in [-0.05, 0) is 18.2 Å². The third-order valence-corrected chi connectivity index (χ3v) is 3.99. The van der Waals surface area contributed by atoms with Crippen molar-refractivity contribution in [3.8, 4) is 0 Å². The van der Waals surface area contributed by atoms with Gasteiger partial charge in [0.1, 0.15) is 5.52 Å². The second-order valence-electron chi connectivity index (χ2n) is 5.63. The van der Waals surface area contributed by atoms with Crippen LogP contribution in [0.1, 0.15) is 12.0 Å². The van der Waals surface area contributed by atoms with Crippen LogP contribution in [0.15, 0.2) is 59.8 Å². The van der Waals surface area contributed by atoms with Gasteiger partial charge < -0.3 is 4.98 Å². The molecule has 0 aliphatic rings. The van der Waals surface area contributed by atoms with Crippen molar-refractivity contribution >= 4 is 34.1 Å². The molecule has 0 unspecified atom stereocenters. The van der Waals surface area contributed by atoms with E-state index < -0.39 is 0 Å². The van der Waals surface area contributed by atoms with Gasteiger partial charge >= 0.3 is 0 Å². The Kier molecular flexibility index (Phi) is 3.96. The topological polar surface area (TPSA) is 88.0 Å². The summed E-state index contributed by atoms with van der Waals surface area (Å²) in [5, 5.41) is 13.2. The van der Waals surface area contributed by atoms with Gasteiger partial charge in [0.15, 0.2) is 0 Å². The molecule has 0 aliphatic heterocycles. The lowest BCUT2D eigenvalue weighted by Crippen LogP contribution is -2.19. The Balaban J connectivity index is 1.36. The molecular formula is C18H16N6O. The standard InChI is InChI=1S/C18H16N6O/c25-18(9-10-24-17-8-4-3-7-16(17)21-23-24)22-20-12-13-11-19-15-6-2-1-5-14(13)15/h1-8,11-12,19H,9-10H2,(H,22,25). The van der Waals surface area contributed by atoms with E-state index in [0.717, 1.165) is 27.5 Å². The van der Waals surface area contributed by atoms with Crippen LogP contribution in [0.5, 0.6) is 0 Å². The van der Waals surface area contributed by atoms with Gasteiger partial charge in [-0.3, -0.25) is 4.79 Å². The lowest BCUT2D eigenvalue weighted by Gasteiger charge is -2.01. The molecule has 2 heterocycles. The molecule has 124 valence electrons. The summed E-state index contributed by atoms with van der Waals surface area (Å²) in [4.78, 5) is 15.1. The Morgan fingerprint density at radius 2 is 2.04 bits per heavy atom. The van der Waals surface area contributed by atoms with Crippen LogP contribution in [-0.4, -0.2) is 32.1 Å². The Bertz CT molecular complexity index is 1060. The number of H-pyrrole nitrogens is 1. The Morgan fingerprint density at radius 3 is 3.00 bits per heavy atom. The molecule has 0 saturated carbocycles. The highest BCUT2D eigenvalue weighted by Crippen LogP contribution is 2.15. The minimum atomic E-state index is -0.171. The number of hydrogen-bond donors (Lipinski definition) is 2. The largest absolute Gasteiger partial charge is 0.361 e. The first-order valence-electron chi connectivity index (χ1n) is 7.97. The number of fused-ring (bicyclic) bond motifs is 2. The average molecular weight is 332 g/mol. The minimum absolute atomic E-state index is 0.171. The highest BCUT2D eigenvalue weighted by molar-refractivity contribution is 5.99. The number of para-hydroxylation sites is 2. The predicted molar refractivity (Wildman–Crippen MR) is 96.2 cm³/mol. The average Bonchev–Trinajstić information content (AvgIpc) is 3.24. The van der Waals surface area contributed by atoms with Crippen molar-refractivity contribution in [2.45, 2.75) is 13.0 Å². The van der Waals surface area contributed by atoms with Crippen molar-refractivity contribution in [2.75, 3.05) is 0 Å². The van der Waals surface area contributed by atoms with Crippen molar-refractivity contribution < 1.29 is 4.79 Å². The highest BCUT2D eigenvalue weighted by atomic mass is 16.2. The smallest absolute Gasteiger partial charge is 0.241 e. The fraction of sp³-hybridized carbons (Fsp3) is 0.111. The number of amides is 1. The summed E-state index contributed by atoms with van der Waals surface area (Å²) >= 11 is 0. The van der Waals surface area contributed by atoms with Crippen LogP contribution in [-0.2, 0) is 11.3 Å². The molecule has 0 spiro atoms. The fourth-order valence-corrected chi connectivity index (χ4v) is 2.72. The van der Waals surface area contributed by atoms with E-state index in [2.05, 4.69) is 25.8 Å². The van der Waals surface area contributed by atoms with Gasteiger partial charge in [0.25, 0.3) is 0 Å². The zero-order valence-electron chi connectivity index (χ0n) is 13.4. The normalized spacial score (nSPS) is 11.5. The molecule has 0 aliphatic carbocycles. The van der Waals surface area contributed by atoms with E-state index in [4.69, 9.17) is 0 Å². The second kappa shape index (κ2) is 6.56. The summed E-state index contributed by atoms with van der Waals surface area (Å²) in [5.41, 5.74) is 6.25. The summed E-state index contributed by atoms with van der Waals surface area (Å²) in [6.45, 7) is 0.453. The third kappa shape index (κ3) is 3.12. The minimum Gasteiger partial charge on any atom is -0.361 e. The molecule has 1 amide bonds. The summed E-state index contributed by atoms with van der Waals surface area (Å²) in [5.74, 6) is -0.171. The van der Waals surface area contributed by atoms with Crippen molar-refractivity contribution in [3.05, 3.63) is 60.3 Å². The molecule has 0 saturated heterocycles. The molecule has 2 aromatic carbocycles. The first-order chi connectivity index (χ1) is 12.3. The first kappa shape index (κ1) is 15.1. The van der Waals surface area contributed by atoms with Crippen molar-refractivity contribution in [3.63, 3.8) is 0 Å². The van der Waals surface area contributed by atoms with E-state index in [1.165, 1.54) is 0 Å². The number of carbonyl (C=O) groups is 1. The molecule has 7 nitrogen and oxygen atoms in total. The van der Waals surface area contributed by atoms with E-state index in [0.29, 0.717) is 6.54 Å².